The van der Waals surface area contributed by atoms with E-state index in [1.54, 1.807) is 11.9 Å². The number of nitrogens with two attached hydrogens (primary N) is 1. The van der Waals surface area contributed by atoms with Crippen molar-refractivity contribution in [1.82, 2.24) is 0 Å². The van der Waals surface area contributed by atoms with Gasteiger partial charge in [0, 0.05) is 19.2 Å². The van der Waals surface area contributed by atoms with Crippen molar-refractivity contribution in [3.8, 4) is 0 Å². The van der Waals surface area contributed by atoms with Crippen molar-refractivity contribution >= 4 is 22.9 Å². The molecule has 0 saturated carbocycles. The lowest BCUT2D eigenvalue weighted by Crippen LogP contribution is -2.24. The van der Waals surface area contributed by atoms with Crippen LogP contribution in [0.3, 0.4) is 0 Å². The molecule has 0 atom stereocenters. The molecule has 1 aromatic rings. The first-order valence-electron chi connectivity index (χ1n) is 5.33. The molecule has 0 heterocycles. The van der Waals surface area contributed by atoms with Gasteiger partial charge in [-0.25, -0.2) is 8.78 Å². The summed E-state index contributed by atoms with van der Waals surface area (Å²) in [6, 6.07) is 2.90. The fourth-order valence-corrected chi connectivity index (χ4v) is 1.83. The zero-order valence-corrected chi connectivity index (χ0v) is 10.9. The van der Waals surface area contributed by atoms with Crippen LogP contribution in [0.25, 0.3) is 0 Å². The minimum absolute atomic E-state index is 0.0563. The average molecular weight is 258 g/mol. The van der Waals surface area contributed by atoms with E-state index in [4.69, 9.17) is 5.73 Å². The number of anilines is 1. The standard InChI is InChI=1S/C12H16F2N2S/c1-7(2)6-16(3)9-5-4-8(12(15)17)10(13)11(9)14/h4-5,7H,6H2,1-3H3,(H2,15,17). The fourth-order valence-electron chi connectivity index (χ4n) is 1.67. The normalized spacial score (nSPS) is 10.7. The van der Waals surface area contributed by atoms with Gasteiger partial charge in [-0.1, -0.05) is 26.1 Å². The molecule has 0 unspecified atom stereocenters. The highest BCUT2D eigenvalue weighted by Crippen LogP contribution is 2.24. The minimum atomic E-state index is -0.981. The smallest absolute Gasteiger partial charge is 0.182 e. The fraction of sp³-hybridized carbons (Fsp3) is 0.417. The molecule has 1 rings (SSSR count). The van der Waals surface area contributed by atoms with E-state index in [1.165, 1.54) is 12.1 Å². The van der Waals surface area contributed by atoms with E-state index in [2.05, 4.69) is 12.2 Å². The summed E-state index contributed by atoms with van der Waals surface area (Å²) < 4.78 is 27.4. The molecule has 94 valence electrons. The Labute approximate surface area is 105 Å². The highest BCUT2D eigenvalue weighted by Gasteiger charge is 2.17. The molecule has 5 heteroatoms. The van der Waals surface area contributed by atoms with Gasteiger partial charge in [0.2, 0.25) is 0 Å². The van der Waals surface area contributed by atoms with Crippen LogP contribution in [-0.2, 0) is 0 Å². The lowest BCUT2D eigenvalue weighted by Gasteiger charge is -2.22. The van der Waals surface area contributed by atoms with Gasteiger partial charge in [-0.2, -0.15) is 0 Å². The number of rotatable bonds is 4. The second-order valence-electron chi connectivity index (χ2n) is 4.40. The Kier molecular flexibility index (Phi) is 4.40. The minimum Gasteiger partial charge on any atom is -0.389 e. The van der Waals surface area contributed by atoms with E-state index in [9.17, 15) is 8.78 Å². The second kappa shape index (κ2) is 5.40. The number of hydrogen-bond donors (Lipinski definition) is 1. The third kappa shape index (κ3) is 3.12. The number of benzene rings is 1. The predicted octanol–water partition coefficient (Wildman–Crippen LogP) is 2.69. The highest BCUT2D eigenvalue weighted by molar-refractivity contribution is 7.80. The van der Waals surface area contributed by atoms with Gasteiger partial charge in [-0.05, 0) is 18.1 Å². The highest BCUT2D eigenvalue weighted by atomic mass is 32.1. The monoisotopic (exact) mass is 258 g/mol. The molecule has 1 aromatic carbocycles. The van der Waals surface area contributed by atoms with E-state index in [0.717, 1.165) is 0 Å². The summed E-state index contributed by atoms with van der Waals surface area (Å²) in [5.41, 5.74) is 5.46. The molecule has 0 aliphatic rings. The molecule has 0 aliphatic carbocycles. The topological polar surface area (TPSA) is 29.3 Å². The first-order valence-corrected chi connectivity index (χ1v) is 5.74. The molecule has 0 fully saturated rings. The van der Waals surface area contributed by atoms with Crippen LogP contribution >= 0.6 is 12.2 Å². The van der Waals surface area contributed by atoms with E-state index < -0.39 is 11.6 Å². The maximum atomic E-state index is 13.8. The van der Waals surface area contributed by atoms with Gasteiger partial charge in [-0.3, -0.25) is 0 Å². The van der Waals surface area contributed by atoms with Crippen LogP contribution in [0.4, 0.5) is 14.5 Å². The van der Waals surface area contributed by atoms with E-state index in [0.29, 0.717) is 12.5 Å². The average Bonchev–Trinajstić information content (AvgIpc) is 2.20. The van der Waals surface area contributed by atoms with Crippen LogP contribution in [-0.4, -0.2) is 18.6 Å². The summed E-state index contributed by atoms with van der Waals surface area (Å²) in [6.45, 7) is 4.66. The van der Waals surface area contributed by atoms with Crippen LogP contribution in [0.15, 0.2) is 12.1 Å². The third-order valence-electron chi connectivity index (χ3n) is 2.38. The zero-order valence-electron chi connectivity index (χ0n) is 10.1. The number of hydrogen-bond acceptors (Lipinski definition) is 2. The lowest BCUT2D eigenvalue weighted by atomic mass is 10.1. The van der Waals surface area contributed by atoms with Gasteiger partial charge in [0.15, 0.2) is 11.6 Å². The number of thiocarbonyl (C=S) groups is 1. The van der Waals surface area contributed by atoms with Crippen molar-refractivity contribution in [1.29, 1.82) is 0 Å². The van der Waals surface area contributed by atoms with E-state index >= 15 is 0 Å². The number of halogens is 2. The molecule has 2 N–H and O–H groups in total. The van der Waals surface area contributed by atoms with Gasteiger partial charge >= 0.3 is 0 Å². The van der Waals surface area contributed by atoms with Gasteiger partial charge in [0.1, 0.15) is 4.99 Å². The Morgan fingerprint density at radius 2 is 1.94 bits per heavy atom. The molecular formula is C12H16F2N2S. The van der Waals surface area contributed by atoms with Crippen molar-refractivity contribution < 1.29 is 8.78 Å². The Morgan fingerprint density at radius 1 is 1.35 bits per heavy atom. The Morgan fingerprint density at radius 3 is 2.41 bits per heavy atom. The Balaban J connectivity index is 3.12. The van der Waals surface area contributed by atoms with Crippen molar-refractivity contribution in [3.63, 3.8) is 0 Å². The largest absolute Gasteiger partial charge is 0.389 e. The third-order valence-corrected chi connectivity index (χ3v) is 2.60. The molecule has 0 radical (unpaired) electrons. The summed E-state index contributed by atoms with van der Waals surface area (Å²) in [7, 11) is 1.72. The Bertz CT molecular complexity index is 433. The van der Waals surface area contributed by atoms with Crippen molar-refractivity contribution in [2.75, 3.05) is 18.5 Å². The predicted molar refractivity (Wildman–Crippen MR) is 70.4 cm³/mol. The van der Waals surface area contributed by atoms with Crippen molar-refractivity contribution in [2.45, 2.75) is 13.8 Å². The van der Waals surface area contributed by atoms with Gasteiger partial charge in [-0.15, -0.1) is 0 Å². The molecule has 0 bridgehead atoms. The van der Waals surface area contributed by atoms with Crippen LogP contribution < -0.4 is 10.6 Å². The molecule has 2 nitrogen and oxygen atoms in total. The molecule has 0 amide bonds. The molecule has 0 saturated heterocycles. The lowest BCUT2D eigenvalue weighted by molar-refractivity contribution is 0.503. The van der Waals surface area contributed by atoms with E-state index in [-0.39, 0.29) is 16.2 Å². The first-order chi connectivity index (χ1) is 7.84. The summed E-state index contributed by atoms with van der Waals surface area (Å²) in [5.74, 6) is -1.53. The SMILES string of the molecule is CC(C)CN(C)c1ccc(C(N)=S)c(F)c1F. The molecule has 0 aliphatic heterocycles. The first kappa shape index (κ1) is 13.8. The molecule has 0 aromatic heterocycles. The summed E-state index contributed by atoms with van der Waals surface area (Å²) in [6.07, 6.45) is 0. The van der Waals surface area contributed by atoms with Crippen LogP contribution in [0.5, 0.6) is 0 Å². The van der Waals surface area contributed by atoms with Crippen LogP contribution in [0.2, 0.25) is 0 Å². The van der Waals surface area contributed by atoms with Gasteiger partial charge < -0.3 is 10.6 Å². The summed E-state index contributed by atoms with van der Waals surface area (Å²) in [5, 5.41) is 0. The van der Waals surface area contributed by atoms with Crippen LogP contribution in [0.1, 0.15) is 19.4 Å². The zero-order chi connectivity index (χ0) is 13.2. The Hall–Kier alpha value is -1.23. The van der Waals surface area contributed by atoms with Crippen molar-refractivity contribution in [2.24, 2.45) is 11.7 Å². The molecule has 0 spiro atoms. The van der Waals surface area contributed by atoms with Crippen LogP contribution in [0, 0.1) is 17.6 Å². The maximum absolute atomic E-state index is 13.8. The van der Waals surface area contributed by atoms with Gasteiger partial charge in [0.25, 0.3) is 0 Å². The van der Waals surface area contributed by atoms with E-state index in [1.807, 2.05) is 13.8 Å². The summed E-state index contributed by atoms with van der Waals surface area (Å²) in [4.78, 5) is 1.53. The number of nitrogens with zero attached hydrogens (tertiary/aromatic N) is 1. The maximum Gasteiger partial charge on any atom is 0.182 e. The second-order valence-corrected chi connectivity index (χ2v) is 4.84. The molecule has 17 heavy (non-hydrogen) atoms. The van der Waals surface area contributed by atoms with Gasteiger partial charge in [0.05, 0.1) is 5.69 Å². The quantitative estimate of drug-likeness (QED) is 0.842. The summed E-state index contributed by atoms with van der Waals surface area (Å²) >= 11 is 4.65. The molecular weight excluding hydrogens is 242 g/mol. The van der Waals surface area contributed by atoms with Crippen molar-refractivity contribution in [3.05, 3.63) is 29.3 Å².